The zero-order chi connectivity index (χ0) is 9.26. The van der Waals surface area contributed by atoms with Crippen LogP contribution < -0.4 is 0 Å². The van der Waals surface area contributed by atoms with Crippen LogP contribution in [0.4, 0.5) is 0 Å². The molecular weight excluding hydrogens is 190 g/mol. The molecular formula is C8H5ClN3O. The van der Waals surface area contributed by atoms with Gasteiger partial charge in [0.1, 0.15) is 0 Å². The summed E-state index contributed by atoms with van der Waals surface area (Å²) < 4.78 is 0. The predicted molar refractivity (Wildman–Crippen MR) is 47.0 cm³/mol. The van der Waals surface area contributed by atoms with Crippen molar-refractivity contribution >= 4 is 11.6 Å². The van der Waals surface area contributed by atoms with E-state index in [9.17, 15) is 5.11 Å². The fourth-order valence-electron chi connectivity index (χ4n) is 1.05. The molecule has 0 atom stereocenters. The van der Waals surface area contributed by atoms with Crippen LogP contribution in [-0.2, 0) is 5.11 Å². The van der Waals surface area contributed by atoms with Gasteiger partial charge in [-0.05, 0) is 6.07 Å². The van der Waals surface area contributed by atoms with Gasteiger partial charge in [-0.15, -0.1) is 5.10 Å². The fraction of sp³-hybridized carbons (Fsp3) is 0. The number of aromatic amines is 1. The third-order valence-corrected chi connectivity index (χ3v) is 2.06. The number of hydrogen-bond donors (Lipinski definition) is 1. The Bertz CT molecular complexity index is 413. The topological polar surface area (TPSA) is 61.5 Å². The van der Waals surface area contributed by atoms with E-state index in [1.807, 2.05) is 0 Å². The SMILES string of the molecule is [O]c1cccc(-c2cnn[nH]2)c1Cl. The number of rotatable bonds is 1. The second kappa shape index (κ2) is 3.06. The van der Waals surface area contributed by atoms with Gasteiger partial charge < -0.3 is 0 Å². The number of hydrogen-bond acceptors (Lipinski definition) is 2. The van der Waals surface area contributed by atoms with E-state index in [2.05, 4.69) is 15.4 Å². The molecule has 1 aromatic carbocycles. The molecule has 0 amide bonds. The highest BCUT2D eigenvalue weighted by atomic mass is 35.5. The molecule has 0 aliphatic rings. The number of nitrogens with one attached hydrogen (secondary N) is 1. The van der Waals surface area contributed by atoms with E-state index in [1.54, 1.807) is 12.1 Å². The Morgan fingerprint density at radius 2 is 2.23 bits per heavy atom. The van der Waals surface area contributed by atoms with Crippen molar-refractivity contribution in [1.82, 2.24) is 15.4 Å². The van der Waals surface area contributed by atoms with Gasteiger partial charge in [0.15, 0.2) is 5.75 Å². The van der Waals surface area contributed by atoms with Gasteiger partial charge in [0.25, 0.3) is 0 Å². The van der Waals surface area contributed by atoms with Gasteiger partial charge in [-0.2, -0.15) is 0 Å². The maximum absolute atomic E-state index is 11.1. The van der Waals surface area contributed by atoms with Crippen LogP contribution in [0.5, 0.6) is 5.75 Å². The molecule has 2 aromatic rings. The monoisotopic (exact) mass is 194 g/mol. The number of benzene rings is 1. The van der Waals surface area contributed by atoms with E-state index in [0.29, 0.717) is 11.3 Å². The molecule has 1 N–H and O–H groups in total. The van der Waals surface area contributed by atoms with Gasteiger partial charge in [-0.1, -0.05) is 28.9 Å². The molecule has 65 valence electrons. The Morgan fingerprint density at radius 1 is 1.38 bits per heavy atom. The lowest BCUT2D eigenvalue weighted by molar-refractivity contribution is 0.355. The summed E-state index contributed by atoms with van der Waals surface area (Å²) in [5, 5.41) is 21.1. The molecule has 0 spiro atoms. The summed E-state index contributed by atoms with van der Waals surface area (Å²) in [5.74, 6) is -0.200. The average Bonchev–Trinajstić information content (AvgIpc) is 2.62. The van der Waals surface area contributed by atoms with Gasteiger partial charge in [-0.3, -0.25) is 10.2 Å². The van der Waals surface area contributed by atoms with Crippen molar-refractivity contribution in [2.75, 3.05) is 0 Å². The maximum atomic E-state index is 11.1. The van der Waals surface area contributed by atoms with Crippen LogP contribution >= 0.6 is 11.6 Å². The summed E-state index contributed by atoms with van der Waals surface area (Å²) in [6, 6.07) is 4.79. The first kappa shape index (κ1) is 8.07. The predicted octanol–water partition coefficient (Wildman–Crippen LogP) is 2.27. The molecule has 0 fully saturated rings. The van der Waals surface area contributed by atoms with Crippen LogP contribution in [0.25, 0.3) is 11.3 Å². The van der Waals surface area contributed by atoms with Crippen LogP contribution in [-0.4, -0.2) is 15.4 Å². The lowest BCUT2D eigenvalue weighted by Crippen LogP contribution is -1.79. The van der Waals surface area contributed by atoms with Crippen molar-refractivity contribution in [1.29, 1.82) is 0 Å². The van der Waals surface area contributed by atoms with Crippen LogP contribution in [0, 0.1) is 0 Å². The van der Waals surface area contributed by atoms with Gasteiger partial charge in [-0.25, -0.2) is 0 Å². The summed E-state index contributed by atoms with van der Waals surface area (Å²) >= 11 is 5.80. The third-order valence-electron chi connectivity index (χ3n) is 1.67. The normalized spacial score (nSPS) is 10.2. The lowest BCUT2D eigenvalue weighted by atomic mass is 10.1. The molecule has 0 unspecified atom stereocenters. The highest BCUT2D eigenvalue weighted by molar-refractivity contribution is 6.34. The van der Waals surface area contributed by atoms with Crippen molar-refractivity contribution in [2.45, 2.75) is 0 Å². The van der Waals surface area contributed by atoms with Crippen LogP contribution in [0.3, 0.4) is 0 Å². The summed E-state index contributed by atoms with van der Waals surface area (Å²) in [7, 11) is 0. The standard InChI is InChI=1S/C8H5ClN3O/c9-8-5(2-1-3-7(8)13)6-4-10-12-11-6/h1-4H,(H,10,11,12). The van der Waals surface area contributed by atoms with Crippen molar-refractivity contribution in [3.05, 3.63) is 29.4 Å². The van der Waals surface area contributed by atoms with E-state index in [-0.39, 0.29) is 10.8 Å². The maximum Gasteiger partial charge on any atom is 0.197 e. The minimum Gasteiger partial charge on any atom is -0.288 e. The second-order valence-corrected chi connectivity index (χ2v) is 2.87. The highest BCUT2D eigenvalue weighted by Gasteiger charge is 2.09. The Balaban J connectivity index is 2.59. The summed E-state index contributed by atoms with van der Waals surface area (Å²) in [6.45, 7) is 0. The van der Waals surface area contributed by atoms with E-state index in [1.165, 1.54) is 12.3 Å². The molecule has 0 saturated heterocycles. The van der Waals surface area contributed by atoms with Crippen molar-refractivity contribution < 1.29 is 5.11 Å². The minimum absolute atomic E-state index is 0.188. The van der Waals surface area contributed by atoms with Gasteiger partial charge in [0, 0.05) is 5.56 Å². The molecule has 2 rings (SSSR count). The zero-order valence-corrected chi connectivity index (χ0v) is 7.25. The van der Waals surface area contributed by atoms with E-state index >= 15 is 0 Å². The summed E-state index contributed by atoms with van der Waals surface area (Å²) in [6.07, 6.45) is 1.51. The summed E-state index contributed by atoms with van der Waals surface area (Å²) in [5.41, 5.74) is 1.27. The van der Waals surface area contributed by atoms with Gasteiger partial charge in [0.05, 0.1) is 16.9 Å². The average molecular weight is 195 g/mol. The highest BCUT2D eigenvalue weighted by Crippen LogP contribution is 2.33. The molecule has 1 heterocycles. The lowest BCUT2D eigenvalue weighted by Gasteiger charge is -1.99. The molecule has 0 saturated carbocycles. The van der Waals surface area contributed by atoms with E-state index < -0.39 is 0 Å². The van der Waals surface area contributed by atoms with Crippen molar-refractivity contribution in [3.63, 3.8) is 0 Å². The van der Waals surface area contributed by atoms with Crippen molar-refractivity contribution in [3.8, 4) is 17.0 Å². The Hall–Kier alpha value is -1.55. The molecule has 0 bridgehead atoms. The minimum atomic E-state index is -0.200. The van der Waals surface area contributed by atoms with Gasteiger partial charge in [0.2, 0.25) is 0 Å². The quantitative estimate of drug-likeness (QED) is 0.757. The smallest absolute Gasteiger partial charge is 0.197 e. The molecule has 0 aliphatic heterocycles. The zero-order valence-electron chi connectivity index (χ0n) is 6.49. The molecule has 5 heteroatoms. The van der Waals surface area contributed by atoms with Gasteiger partial charge >= 0.3 is 0 Å². The number of halogens is 1. The second-order valence-electron chi connectivity index (χ2n) is 2.49. The molecule has 1 aromatic heterocycles. The van der Waals surface area contributed by atoms with Crippen LogP contribution in [0.2, 0.25) is 5.02 Å². The first-order chi connectivity index (χ1) is 6.29. The number of aromatic nitrogens is 3. The first-order valence-corrected chi connectivity index (χ1v) is 3.99. The van der Waals surface area contributed by atoms with Crippen LogP contribution in [0.15, 0.2) is 24.4 Å². The van der Waals surface area contributed by atoms with E-state index in [0.717, 1.165) is 0 Å². The Morgan fingerprint density at radius 3 is 2.92 bits per heavy atom. The summed E-state index contributed by atoms with van der Waals surface area (Å²) in [4.78, 5) is 0. The Kier molecular flexibility index (Phi) is 1.90. The number of nitrogens with zero attached hydrogens (tertiary/aromatic N) is 2. The third kappa shape index (κ3) is 1.36. The molecule has 4 nitrogen and oxygen atoms in total. The fourth-order valence-corrected chi connectivity index (χ4v) is 1.27. The molecule has 1 radical (unpaired) electrons. The molecule has 13 heavy (non-hydrogen) atoms. The Labute approximate surface area is 79.2 Å². The molecule has 0 aliphatic carbocycles. The van der Waals surface area contributed by atoms with Crippen LogP contribution in [0.1, 0.15) is 0 Å². The first-order valence-electron chi connectivity index (χ1n) is 3.61. The van der Waals surface area contributed by atoms with E-state index in [4.69, 9.17) is 11.6 Å². The number of H-pyrrole nitrogens is 1. The largest absolute Gasteiger partial charge is 0.288 e. The van der Waals surface area contributed by atoms with Crippen molar-refractivity contribution in [2.24, 2.45) is 0 Å².